The largest absolute Gasteiger partial charge is 0.276 e. The highest BCUT2D eigenvalue weighted by atomic mass is 32.2. The molecule has 3 rings (SSSR count). The van der Waals surface area contributed by atoms with Crippen LogP contribution in [-0.2, 0) is 10.0 Å². The van der Waals surface area contributed by atoms with Gasteiger partial charge in [0.05, 0.1) is 4.90 Å². The smallest absolute Gasteiger partial charge is 0.200 e. The van der Waals surface area contributed by atoms with Gasteiger partial charge in [-0.05, 0) is 49.7 Å². The van der Waals surface area contributed by atoms with Gasteiger partial charge in [-0.2, -0.15) is 13.5 Å². The minimum atomic E-state index is -3.58. The topological polar surface area (TPSA) is 58.5 Å². The van der Waals surface area contributed by atoms with E-state index in [1.165, 1.54) is 6.42 Å². The minimum absolute atomic E-state index is 0.00740. The number of aryl methyl sites for hydroxylation is 1. The molecule has 2 aliphatic rings. The second-order valence-electron chi connectivity index (χ2n) is 7.46. The molecule has 1 aromatic carbocycles. The molecule has 2 fully saturated rings. The van der Waals surface area contributed by atoms with Crippen molar-refractivity contribution in [2.24, 2.45) is 21.8 Å². The van der Waals surface area contributed by atoms with Crippen molar-refractivity contribution < 1.29 is 8.42 Å². The third-order valence-corrected chi connectivity index (χ3v) is 7.37. The van der Waals surface area contributed by atoms with E-state index in [1.807, 2.05) is 6.92 Å². The van der Waals surface area contributed by atoms with E-state index in [-0.39, 0.29) is 15.7 Å². The maximum Gasteiger partial charge on any atom is 0.276 e. The zero-order valence-electron chi connectivity index (χ0n) is 13.7. The Balaban J connectivity index is 1.85. The summed E-state index contributed by atoms with van der Waals surface area (Å²) in [4.78, 5) is 2.70. The molecule has 0 heterocycles. The normalized spacial score (nSPS) is 31.6. The van der Waals surface area contributed by atoms with Gasteiger partial charge in [0, 0.05) is 11.1 Å². The van der Waals surface area contributed by atoms with Gasteiger partial charge in [0.2, 0.25) is 0 Å². The van der Waals surface area contributed by atoms with Crippen molar-refractivity contribution in [1.29, 1.82) is 0 Å². The van der Waals surface area contributed by atoms with Gasteiger partial charge in [0.15, 0.2) is 0 Å². The minimum Gasteiger partial charge on any atom is -0.200 e. The molecule has 1 aromatic rings. The molecular formula is C17H24N2O2S. The van der Waals surface area contributed by atoms with Crippen LogP contribution in [0.4, 0.5) is 0 Å². The first kappa shape index (κ1) is 15.5. The molecule has 0 radical (unpaired) electrons. The summed E-state index contributed by atoms with van der Waals surface area (Å²) in [6.45, 7) is 8.71. The maximum absolute atomic E-state index is 12.4. The Labute approximate surface area is 133 Å². The summed E-state index contributed by atoms with van der Waals surface area (Å²) < 4.78 is 24.7. The Kier molecular flexibility index (Phi) is 3.40. The maximum atomic E-state index is 12.4. The first-order chi connectivity index (χ1) is 10.2. The number of nitrogens with one attached hydrogen (secondary N) is 1. The second-order valence-corrected chi connectivity index (χ2v) is 9.12. The average molecular weight is 320 g/mol. The molecule has 5 heteroatoms. The molecule has 0 amide bonds. The van der Waals surface area contributed by atoms with Crippen LogP contribution < -0.4 is 4.83 Å². The summed E-state index contributed by atoms with van der Waals surface area (Å²) >= 11 is 0. The Bertz CT molecular complexity index is 720. The lowest BCUT2D eigenvalue weighted by atomic mass is 9.70. The fraction of sp³-hybridized carbons (Fsp3) is 0.588. The van der Waals surface area contributed by atoms with E-state index < -0.39 is 10.0 Å². The van der Waals surface area contributed by atoms with Crippen LogP contribution in [0.5, 0.6) is 0 Å². The Hall–Kier alpha value is -1.36. The fourth-order valence-electron chi connectivity index (χ4n) is 3.98. The van der Waals surface area contributed by atoms with Crippen molar-refractivity contribution in [3.8, 4) is 0 Å². The standard InChI is InChI=1S/C17H24N2O2S/c1-12-5-7-14(8-6-12)22(20,21)19-18-15-11-13-9-10-17(15,4)16(13,2)3/h5-8,13,19H,9-11H2,1-4H3/b18-15+/t13-,17-/m1/s1. The lowest BCUT2D eigenvalue weighted by molar-refractivity contribution is 0.193. The summed E-state index contributed by atoms with van der Waals surface area (Å²) in [5.74, 6) is 0.611. The highest BCUT2D eigenvalue weighted by Crippen LogP contribution is 2.63. The molecular weight excluding hydrogens is 296 g/mol. The van der Waals surface area contributed by atoms with E-state index in [4.69, 9.17) is 0 Å². The molecule has 120 valence electrons. The Morgan fingerprint density at radius 3 is 2.32 bits per heavy atom. The van der Waals surface area contributed by atoms with Crippen molar-refractivity contribution in [1.82, 2.24) is 4.83 Å². The zero-order valence-corrected chi connectivity index (χ0v) is 14.5. The van der Waals surface area contributed by atoms with Crippen molar-refractivity contribution >= 4 is 15.7 Å². The molecule has 4 nitrogen and oxygen atoms in total. The Morgan fingerprint density at radius 2 is 1.82 bits per heavy atom. The van der Waals surface area contributed by atoms with Gasteiger partial charge in [-0.15, -0.1) is 0 Å². The second kappa shape index (κ2) is 4.82. The van der Waals surface area contributed by atoms with Gasteiger partial charge < -0.3 is 0 Å². The van der Waals surface area contributed by atoms with Crippen LogP contribution >= 0.6 is 0 Å². The molecule has 0 spiro atoms. The first-order valence-electron chi connectivity index (χ1n) is 7.82. The van der Waals surface area contributed by atoms with E-state index in [9.17, 15) is 8.42 Å². The molecule has 2 aliphatic carbocycles. The summed E-state index contributed by atoms with van der Waals surface area (Å²) in [6, 6.07) is 6.82. The SMILES string of the molecule is Cc1ccc(S(=O)(=O)N/N=C2\C[C@H]3CC[C@@]2(C)C3(C)C)cc1. The molecule has 22 heavy (non-hydrogen) atoms. The van der Waals surface area contributed by atoms with Crippen molar-refractivity contribution in [3.05, 3.63) is 29.8 Å². The zero-order chi connectivity index (χ0) is 16.2. The Morgan fingerprint density at radius 1 is 1.18 bits per heavy atom. The number of hydrogen-bond donors (Lipinski definition) is 1. The summed E-state index contributed by atoms with van der Waals surface area (Å²) in [6.07, 6.45) is 3.21. The predicted molar refractivity (Wildman–Crippen MR) is 88.2 cm³/mol. The van der Waals surface area contributed by atoms with E-state index in [2.05, 4.69) is 30.7 Å². The number of sulfonamides is 1. The van der Waals surface area contributed by atoms with Gasteiger partial charge in [-0.1, -0.05) is 38.5 Å². The fourth-order valence-corrected chi connectivity index (χ4v) is 4.81. The summed E-state index contributed by atoms with van der Waals surface area (Å²) in [5, 5.41) is 4.32. The molecule has 0 aromatic heterocycles. The van der Waals surface area contributed by atoms with Crippen LogP contribution in [0.3, 0.4) is 0 Å². The first-order valence-corrected chi connectivity index (χ1v) is 9.31. The average Bonchev–Trinajstić information content (AvgIpc) is 2.78. The van der Waals surface area contributed by atoms with Crippen LogP contribution in [0, 0.1) is 23.7 Å². The van der Waals surface area contributed by atoms with Crippen LogP contribution in [-0.4, -0.2) is 14.1 Å². The molecule has 0 unspecified atom stereocenters. The van der Waals surface area contributed by atoms with E-state index in [0.29, 0.717) is 5.92 Å². The number of nitrogens with zero attached hydrogens (tertiary/aromatic N) is 1. The van der Waals surface area contributed by atoms with Crippen LogP contribution in [0.1, 0.15) is 45.6 Å². The van der Waals surface area contributed by atoms with Crippen LogP contribution in [0.25, 0.3) is 0 Å². The van der Waals surface area contributed by atoms with Crippen LogP contribution in [0.15, 0.2) is 34.3 Å². The lowest BCUT2D eigenvalue weighted by Gasteiger charge is -2.34. The van der Waals surface area contributed by atoms with Crippen LogP contribution in [0.2, 0.25) is 0 Å². The highest BCUT2D eigenvalue weighted by Gasteiger charge is 2.60. The van der Waals surface area contributed by atoms with Crippen molar-refractivity contribution in [2.75, 3.05) is 0 Å². The van der Waals surface area contributed by atoms with Crippen molar-refractivity contribution in [3.63, 3.8) is 0 Å². The number of rotatable bonds is 3. The third kappa shape index (κ3) is 2.18. The van der Waals surface area contributed by atoms with E-state index >= 15 is 0 Å². The van der Waals surface area contributed by atoms with E-state index in [0.717, 1.165) is 24.1 Å². The van der Waals surface area contributed by atoms with Crippen molar-refractivity contribution in [2.45, 2.75) is 51.9 Å². The number of hydrogen-bond acceptors (Lipinski definition) is 3. The lowest BCUT2D eigenvalue weighted by Crippen LogP contribution is -2.34. The summed E-state index contributed by atoms with van der Waals surface area (Å²) in [5.41, 5.74) is 2.24. The molecule has 0 aliphatic heterocycles. The van der Waals surface area contributed by atoms with Gasteiger partial charge in [-0.25, -0.2) is 4.83 Å². The number of hydrazone groups is 1. The molecule has 1 N–H and O–H groups in total. The molecule has 0 saturated heterocycles. The van der Waals surface area contributed by atoms with Gasteiger partial charge in [0.1, 0.15) is 0 Å². The highest BCUT2D eigenvalue weighted by molar-refractivity contribution is 7.89. The van der Waals surface area contributed by atoms with Gasteiger partial charge in [-0.3, -0.25) is 0 Å². The third-order valence-electron chi connectivity index (χ3n) is 6.14. The van der Waals surface area contributed by atoms with Gasteiger partial charge in [0.25, 0.3) is 10.0 Å². The number of benzene rings is 1. The monoisotopic (exact) mass is 320 g/mol. The van der Waals surface area contributed by atoms with Gasteiger partial charge >= 0.3 is 0 Å². The molecule has 2 bridgehead atoms. The molecule has 2 atom stereocenters. The summed E-state index contributed by atoms with van der Waals surface area (Å²) in [7, 11) is -3.58. The molecule has 2 saturated carbocycles. The van der Waals surface area contributed by atoms with E-state index in [1.54, 1.807) is 24.3 Å². The number of fused-ring (bicyclic) bond motifs is 2. The predicted octanol–water partition coefficient (Wildman–Crippen LogP) is 3.48. The quantitative estimate of drug-likeness (QED) is 0.867.